The van der Waals surface area contributed by atoms with Crippen LogP contribution in [0.2, 0.25) is 0 Å². The van der Waals surface area contributed by atoms with Gasteiger partial charge in [0.1, 0.15) is 11.5 Å². The highest BCUT2D eigenvalue weighted by Crippen LogP contribution is 2.48. The predicted octanol–water partition coefficient (Wildman–Crippen LogP) is 3.37. The van der Waals surface area contributed by atoms with Gasteiger partial charge in [-0.15, -0.1) is 0 Å². The second-order valence-corrected chi connectivity index (χ2v) is 8.72. The minimum atomic E-state index is 0.0660. The molecular formula is C20H36N2O2. The number of hydrogen-bond acceptors (Lipinski definition) is 4. The fraction of sp³-hybridized carbons (Fsp3) is 0.800. The minimum absolute atomic E-state index is 0.0660. The number of hydrogen-bond donors (Lipinski definition) is 0. The largest absolute Gasteiger partial charge is 0.501 e. The van der Waals surface area contributed by atoms with E-state index in [4.69, 9.17) is 9.47 Å². The van der Waals surface area contributed by atoms with Crippen LogP contribution in [0.25, 0.3) is 0 Å². The summed E-state index contributed by atoms with van der Waals surface area (Å²) in [4.78, 5) is 4.83. The molecule has 4 heteroatoms. The summed E-state index contributed by atoms with van der Waals surface area (Å²) in [5, 5.41) is 0. The van der Waals surface area contributed by atoms with Crippen LogP contribution in [0.1, 0.15) is 33.6 Å². The summed E-state index contributed by atoms with van der Waals surface area (Å²) in [6, 6.07) is 0. The molecule has 1 fully saturated rings. The summed E-state index contributed by atoms with van der Waals surface area (Å²) in [7, 11) is 7.86. The molecule has 0 N–H and O–H groups in total. The molecule has 0 saturated carbocycles. The smallest absolute Gasteiger partial charge is 0.104 e. The van der Waals surface area contributed by atoms with Crippen molar-refractivity contribution in [3.8, 4) is 0 Å². The Kier molecular flexibility index (Phi) is 6.03. The number of rotatable bonds is 6. The van der Waals surface area contributed by atoms with E-state index in [0.717, 1.165) is 44.1 Å². The zero-order valence-electron chi connectivity index (χ0n) is 16.7. The predicted molar refractivity (Wildman–Crippen MR) is 99.8 cm³/mol. The molecule has 2 aliphatic rings. The van der Waals surface area contributed by atoms with Crippen LogP contribution in [0.4, 0.5) is 0 Å². The van der Waals surface area contributed by atoms with E-state index in [1.807, 2.05) is 0 Å². The molecule has 4 nitrogen and oxygen atoms in total. The monoisotopic (exact) mass is 336 g/mol. The van der Waals surface area contributed by atoms with Gasteiger partial charge in [-0.25, -0.2) is 0 Å². The first-order valence-corrected chi connectivity index (χ1v) is 9.11. The van der Waals surface area contributed by atoms with Crippen molar-refractivity contribution in [3.63, 3.8) is 0 Å². The highest BCUT2D eigenvalue weighted by atomic mass is 16.5. The van der Waals surface area contributed by atoms with Crippen molar-refractivity contribution >= 4 is 0 Å². The molecule has 0 aromatic heterocycles. The molecule has 1 saturated heterocycles. The average molecular weight is 337 g/mol. The Hall–Kier alpha value is -1.00. The maximum atomic E-state index is 5.81. The summed E-state index contributed by atoms with van der Waals surface area (Å²) in [5.74, 6) is 2.33. The molecule has 0 aromatic carbocycles. The van der Waals surface area contributed by atoms with Crippen molar-refractivity contribution in [2.24, 2.45) is 16.7 Å². The van der Waals surface area contributed by atoms with Crippen molar-refractivity contribution in [2.45, 2.75) is 33.6 Å². The van der Waals surface area contributed by atoms with Crippen molar-refractivity contribution < 1.29 is 9.47 Å². The first kappa shape index (κ1) is 19.3. The van der Waals surface area contributed by atoms with Gasteiger partial charge in [-0.2, -0.15) is 0 Å². The molecule has 0 unspecified atom stereocenters. The van der Waals surface area contributed by atoms with Gasteiger partial charge < -0.3 is 19.3 Å². The molecule has 24 heavy (non-hydrogen) atoms. The van der Waals surface area contributed by atoms with Crippen LogP contribution in [-0.4, -0.2) is 64.3 Å². The maximum absolute atomic E-state index is 5.81. The van der Waals surface area contributed by atoms with Gasteiger partial charge in [0.15, 0.2) is 0 Å². The van der Waals surface area contributed by atoms with E-state index in [-0.39, 0.29) is 16.7 Å². The quantitative estimate of drug-likeness (QED) is 0.742. The van der Waals surface area contributed by atoms with Crippen molar-refractivity contribution in [1.82, 2.24) is 9.80 Å². The molecule has 2 rings (SSSR count). The fourth-order valence-corrected chi connectivity index (χ4v) is 4.10. The van der Waals surface area contributed by atoms with Crippen LogP contribution >= 0.6 is 0 Å². The van der Waals surface area contributed by atoms with E-state index >= 15 is 0 Å². The zero-order chi connectivity index (χ0) is 18.0. The van der Waals surface area contributed by atoms with Gasteiger partial charge >= 0.3 is 0 Å². The van der Waals surface area contributed by atoms with E-state index in [1.54, 1.807) is 14.2 Å². The van der Waals surface area contributed by atoms with Gasteiger partial charge in [-0.3, -0.25) is 0 Å². The Balaban J connectivity index is 2.15. The fourth-order valence-electron chi connectivity index (χ4n) is 4.10. The molecule has 0 atom stereocenters. The summed E-state index contributed by atoms with van der Waals surface area (Å²) in [5.41, 5.74) is 0.145. The third-order valence-corrected chi connectivity index (χ3v) is 5.26. The lowest BCUT2D eigenvalue weighted by atomic mass is 9.70. The lowest BCUT2D eigenvalue weighted by Crippen LogP contribution is -2.34. The molecule has 1 aliphatic heterocycles. The second kappa shape index (κ2) is 7.49. The van der Waals surface area contributed by atoms with Crippen molar-refractivity contribution in [3.05, 3.63) is 23.7 Å². The molecule has 1 aliphatic carbocycles. The Bertz CT molecular complexity index is 466. The Morgan fingerprint density at radius 2 is 1.75 bits per heavy atom. The van der Waals surface area contributed by atoms with Crippen LogP contribution in [-0.2, 0) is 9.47 Å². The molecular weight excluding hydrogens is 300 g/mol. The van der Waals surface area contributed by atoms with Crippen LogP contribution in [0.15, 0.2) is 23.7 Å². The zero-order valence-corrected chi connectivity index (χ0v) is 16.7. The number of likely N-dealkylation sites (tertiary alicyclic amines) is 1. The maximum Gasteiger partial charge on any atom is 0.104 e. The first-order valence-electron chi connectivity index (χ1n) is 9.11. The van der Waals surface area contributed by atoms with Crippen LogP contribution in [0.5, 0.6) is 0 Å². The Morgan fingerprint density at radius 3 is 2.21 bits per heavy atom. The number of ether oxygens (including phenoxy) is 2. The topological polar surface area (TPSA) is 24.9 Å². The molecule has 0 bridgehead atoms. The SMILES string of the molecule is COC1=CC2(C=C(OC)C1C(C)(C)C)CCN(CCCN(C)C)C2. The summed E-state index contributed by atoms with van der Waals surface area (Å²) in [6.45, 7) is 11.3. The van der Waals surface area contributed by atoms with Crippen LogP contribution < -0.4 is 0 Å². The lowest BCUT2D eigenvalue weighted by Gasteiger charge is -2.39. The van der Waals surface area contributed by atoms with Gasteiger partial charge in [0, 0.05) is 12.0 Å². The summed E-state index contributed by atoms with van der Waals surface area (Å²) >= 11 is 0. The Labute approximate surface area is 148 Å². The number of nitrogens with zero attached hydrogens (tertiary/aromatic N) is 2. The molecule has 0 amide bonds. The average Bonchev–Trinajstić information content (AvgIpc) is 2.87. The molecule has 1 spiro atoms. The van der Waals surface area contributed by atoms with Gasteiger partial charge in [-0.1, -0.05) is 20.8 Å². The van der Waals surface area contributed by atoms with Crippen LogP contribution in [0, 0.1) is 16.7 Å². The minimum Gasteiger partial charge on any atom is -0.501 e. The molecule has 0 radical (unpaired) electrons. The van der Waals surface area contributed by atoms with Crippen molar-refractivity contribution in [1.29, 1.82) is 0 Å². The van der Waals surface area contributed by atoms with Crippen LogP contribution in [0.3, 0.4) is 0 Å². The van der Waals surface area contributed by atoms with E-state index in [1.165, 1.54) is 6.42 Å². The van der Waals surface area contributed by atoms with E-state index in [9.17, 15) is 0 Å². The van der Waals surface area contributed by atoms with Crippen molar-refractivity contribution in [2.75, 3.05) is 54.5 Å². The highest BCUT2D eigenvalue weighted by molar-refractivity contribution is 5.31. The molecule has 1 heterocycles. The Morgan fingerprint density at radius 1 is 1.17 bits per heavy atom. The van der Waals surface area contributed by atoms with Gasteiger partial charge in [-0.05, 0) is 64.1 Å². The normalized spacial score (nSPS) is 28.2. The summed E-state index contributed by atoms with van der Waals surface area (Å²) in [6.07, 6.45) is 7.11. The van der Waals surface area contributed by atoms with Gasteiger partial charge in [0.05, 0.1) is 20.1 Å². The first-order chi connectivity index (χ1) is 11.2. The van der Waals surface area contributed by atoms with E-state index in [2.05, 4.69) is 56.8 Å². The van der Waals surface area contributed by atoms with E-state index in [0.29, 0.717) is 0 Å². The molecule has 138 valence electrons. The number of methoxy groups -OCH3 is 2. The third kappa shape index (κ3) is 4.34. The van der Waals surface area contributed by atoms with Gasteiger partial charge in [0.2, 0.25) is 0 Å². The lowest BCUT2D eigenvalue weighted by molar-refractivity contribution is 0.115. The van der Waals surface area contributed by atoms with E-state index < -0.39 is 0 Å². The third-order valence-electron chi connectivity index (χ3n) is 5.26. The standard InChI is InChI=1S/C20H36N2O2/c1-19(2,3)18-16(23-6)13-20(14-17(18)24-7)9-12-22(15-20)11-8-10-21(4)5/h13-14,18H,8-12,15H2,1-7H3. The van der Waals surface area contributed by atoms with Gasteiger partial charge in [0.25, 0.3) is 0 Å². The summed E-state index contributed by atoms with van der Waals surface area (Å²) < 4.78 is 11.6. The highest BCUT2D eigenvalue weighted by Gasteiger charge is 2.44. The molecule has 0 aromatic rings. The second-order valence-electron chi connectivity index (χ2n) is 8.72.